The Morgan fingerprint density at radius 3 is 2.30 bits per heavy atom. The highest BCUT2D eigenvalue weighted by atomic mass is 19.1. The first-order valence-electron chi connectivity index (χ1n) is 18.5. The van der Waals surface area contributed by atoms with E-state index in [1.807, 2.05) is 24.5 Å². The molecule has 4 aromatic carbocycles. The lowest BCUT2D eigenvalue weighted by molar-refractivity contribution is -0.127. The summed E-state index contributed by atoms with van der Waals surface area (Å²) in [6, 6.07) is 26.8. The third kappa shape index (κ3) is 9.44. The standard InChI is InChI=1S/C34H37FN4O3.C10H12N2/c1-4-33(40)39-17-15-38(16-18-39)22-32(26-7-6-24(3)30(35)20-26)42-28-10-8-25(9-11-28)34(41)36-14-13-27-21-37-31-12-5-23(2)19-29(27)31;11-6-5-8-7-12-10-4-2-1-3-9(8)10/h4-12,19-21,32,37H,1,13-18,22H2,2-3H3,(H,36,41);1-4,7,12H,5-6,11H2. The van der Waals surface area contributed by atoms with Crippen molar-refractivity contribution in [3.8, 4) is 5.75 Å². The number of aryl methyl sites for hydroxylation is 2. The van der Waals surface area contributed by atoms with Gasteiger partial charge in [0, 0.05) is 79.0 Å². The van der Waals surface area contributed by atoms with E-state index in [0.717, 1.165) is 23.9 Å². The van der Waals surface area contributed by atoms with Crippen molar-refractivity contribution in [2.75, 3.05) is 45.8 Å². The van der Waals surface area contributed by atoms with Crippen LogP contribution in [0.2, 0.25) is 0 Å². The van der Waals surface area contributed by atoms with E-state index >= 15 is 0 Å². The second-order valence-electron chi connectivity index (χ2n) is 13.7. The Bertz CT molecular complexity index is 2200. The molecule has 1 saturated heterocycles. The number of ether oxygens (including phenoxy) is 1. The van der Waals surface area contributed by atoms with Gasteiger partial charge in [-0.05, 0) is 110 Å². The van der Waals surface area contributed by atoms with Crippen LogP contribution in [0.25, 0.3) is 21.8 Å². The third-order valence-corrected chi connectivity index (χ3v) is 9.94. The lowest BCUT2D eigenvalue weighted by Crippen LogP contribution is -2.49. The van der Waals surface area contributed by atoms with Crippen molar-refractivity contribution in [2.24, 2.45) is 5.73 Å². The molecule has 2 amide bonds. The Balaban J connectivity index is 0.000000349. The fourth-order valence-electron chi connectivity index (χ4n) is 6.79. The predicted octanol–water partition coefficient (Wildman–Crippen LogP) is 7.02. The number of H-pyrrole nitrogens is 2. The van der Waals surface area contributed by atoms with Crippen LogP contribution in [0.15, 0.2) is 110 Å². The summed E-state index contributed by atoms with van der Waals surface area (Å²) < 4.78 is 20.9. The third-order valence-electron chi connectivity index (χ3n) is 9.94. The lowest BCUT2D eigenvalue weighted by Gasteiger charge is -2.36. The minimum Gasteiger partial charge on any atom is -0.484 e. The number of aromatic nitrogens is 2. The molecule has 5 N–H and O–H groups in total. The number of nitrogens with two attached hydrogens (primary N) is 1. The molecular weight excluding hydrogens is 680 g/mol. The van der Waals surface area contributed by atoms with Crippen LogP contribution in [-0.4, -0.2) is 77.4 Å². The van der Waals surface area contributed by atoms with Gasteiger partial charge in [0.25, 0.3) is 5.91 Å². The van der Waals surface area contributed by atoms with Crippen LogP contribution in [0.3, 0.4) is 0 Å². The zero-order chi connectivity index (χ0) is 38.0. The van der Waals surface area contributed by atoms with Gasteiger partial charge < -0.3 is 30.7 Å². The highest BCUT2D eigenvalue weighted by molar-refractivity contribution is 5.94. The monoisotopic (exact) mass is 728 g/mol. The van der Waals surface area contributed by atoms with Crippen molar-refractivity contribution in [1.82, 2.24) is 25.1 Å². The van der Waals surface area contributed by atoms with E-state index in [9.17, 15) is 14.0 Å². The number of carbonyl (C=O) groups excluding carboxylic acids is 2. The average Bonchev–Trinajstić information content (AvgIpc) is 3.79. The molecular formula is C44H49FN6O3. The largest absolute Gasteiger partial charge is 0.484 e. The molecule has 0 bridgehead atoms. The van der Waals surface area contributed by atoms with E-state index in [4.69, 9.17) is 10.5 Å². The molecule has 0 aliphatic carbocycles. The van der Waals surface area contributed by atoms with Gasteiger partial charge >= 0.3 is 0 Å². The van der Waals surface area contributed by atoms with Crippen LogP contribution in [0.4, 0.5) is 4.39 Å². The van der Waals surface area contributed by atoms with Crippen molar-refractivity contribution >= 4 is 33.6 Å². The normalized spacial score (nSPS) is 13.7. The number of para-hydroxylation sites is 1. The summed E-state index contributed by atoms with van der Waals surface area (Å²) >= 11 is 0. The highest BCUT2D eigenvalue weighted by Crippen LogP contribution is 2.26. The van der Waals surface area contributed by atoms with Gasteiger partial charge in [0.15, 0.2) is 0 Å². The quantitative estimate of drug-likeness (QED) is 0.101. The molecule has 1 fully saturated rings. The number of nitrogens with one attached hydrogen (secondary N) is 3. The Morgan fingerprint density at radius 1 is 0.889 bits per heavy atom. The van der Waals surface area contributed by atoms with Crippen molar-refractivity contribution in [3.63, 3.8) is 0 Å². The molecule has 7 rings (SSSR count). The maximum Gasteiger partial charge on any atom is 0.251 e. The van der Waals surface area contributed by atoms with Gasteiger partial charge in [-0.3, -0.25) is 14.5 Å². The Morgan fingerprint density at radius 2 is 1.59 bits per heavy atom. The fraction of sp³-hybridized carbons (Fsp3) is 0.273. The maximum absolute atomic E-state index is 14.5. The number of rotatable bonds is 12. The summed E-state index contributed by atoms with van der Waals surface area (Å²) in [7, 11) is 0. The van der Waals surface area contributed by atoms with E-state index in [2.05, 4.69) is 70.1 Å². The number of hydrogen-bond donors (Lipinski definition) is 4. The van der Waals surface area contributed by atoms with Crippen molar-refractivity contribution < 1.29 is 18.7 Å². The molecule has 10 heteroatoms. The summed E-state index contributed by atoms with van der Waals surface area (Å²) in [5.74, 6) is 0.0892. The molecule has 6 aromatic rings. The summed E-state index contributed by atoms with van der Waals surface area (Å²) in [4.78, 5) is 35.3. The number of hydrogen-bond acceptors (Lipinski definition) is 5. The van der Waals surface area contributed by atoms with Gasteiger partial charge in [-0.25, -0.2) is 4.39 Å². The molecule has 9 nitrogen and oxygen atoms in total. The average molecular weight is 729 g/mol. The Hall–Kier alpha value is -5.71. The highest BCUT2D eigenvalue weighted by Gasteiger charge is 2.24. The number of benzene rings is 4. The van der Waals surface area contributed by atoms with Gasteiger partial charge in [0.05, 0.1) is 0 Å². The Kier molecular flexibility index (Phi) is 12.6. The van der Waals surface area contributed by atoms with E-state index < -0.39 is 6.10 Å². The lowest BCUT2D eigenvalue weighted by atomic mass is 10.1. The predicted molar refractivity (Wildman–Crippen MR) is 214 cm³/mol. The zero-order valence-electron chi connectivity index (χ0n) is 31.0. The number of carbonyl (C=O) groups is 2. The molecule has 1 aliphatic heterocycles. The van der Waals surface area contributed by atoms with Gasteiger partial charge in [-0.1, -0.05) is 48.5 Å². The number of piperazine rings is 1. The van der Waals surface area contributed by atoms with Crippen LogP contribution < -0.4 is 15.8 Å². The summed E-state index contributed by atoms with van der Waals surface area (Å²) in [6.45, 7) is 11.7. The molecule has 54 heavy (non-hydrogen) atoms. The molecule has 0 saturated carbocycles. The van der Waals surface area contributed by atoms with Crippen LogP contribution >= 0.6 is 0 Å². The second-order valence-corrected chi connectivity index (χ2v) is 13.7. The molecule has 280 valence electrons. The number of halogens is 1. The van der Waals surface area contributed by atoms with Gasteiger partial charge in [0.1, 0.15) is 17.7 Å². The second kappa shape index (κ2) is 17.9. The maximum atomic E-state index is 14.5. The minimum atomic E-state index is -0.429. The Labute approximate surface area is 316 Å². The van der Waals surface area contributed by atoms with Gasteiger partial charge in [-0.2, -0.15) is 0 Å². The first kappa shape index (κ1) is 38.0. The van der Waals surface area contributed by atoms with Crippen molar-refractivity contribution in [1.29, 1.82) is 0 Å². The number of aromatic amines is 2. The van der Waals surface area contributed by atoms with E-state index in [1.54, 1.807) is 42.2 Å². The number of amides is 2. The number of fused-ring (bicyclic) bond motifs is 2. The molecule has 2 aromatic heterocycles. The first-order valence-corrected chi connectivity index (χ1v) is 18.5. The summed E-state index contributed by atoms with van der Waals surface area (Å²) in [5, 5.41) is 5.48. The van der Waals surface area contributed by atoms with Crippen LogP contribution in [0, 0.1) is 19.7 Å². The van der Waals surface area contributed by atoms with E-state index in [1.165, 1.54) is 45.1 Å². The van der Waals surface area contributed by atoms with Crippen molar-refractivity contribution in [2.45, 2.75) is 32.8 Å². The topological polar surface area (TPSA) is 119 Å². The van der Waals surface area contributed by atoms with E-state index in [0.29, 0.717) is 62.7 Å². The zero-order valence-corrected chi connectivity index (χ0v) is 31.0. The van der Waals surface area contributed by atoms with Crippen molar-refractivity contribution in [3.05, 3.63) is 149 Å². The smallest absolute Gasteiger partial charge is 0.251 e. The summed E-state index contributed by atoms with van der Waals surface area (Å²) in [5.41, 5.74) is 13.3. The number of nitrogens with zero attached hydrogens (tertiary/aromatic N) is 2. The molecule has 0 spiro atoms. The molecule has 1 atom stereocenters. The van der Waals surface area contributed by atoms with E-state index in [-0.39, 0.29) is 17.6 Å². The molecule has 1 aliphatic rings. The van der Waals surface area contributed by atoms with Gasteiger partial charge in [-0.15, -0.1) is 0 Å². The van der Waals surface area contributed by atoms with Gasteiger partial charge in [0.2, 0.25) is 5.91 Å². The fourth-order valence-corrected chi connectivity index (χ4v) is 6.79. The first-order chi connectivity index (χ1) is 26.2. The van der Waals surface area contributed by atoms with Crippen LogP contribution in [-0.2, 0) is 17.6 Å². The SMILES string of the molecule is C=CC(=O)N1CCN(CC(Oc2ccc(C(=O)NCCc3c[nH]c4ccc(C)cc34)cc2)c2ccc(C)c(F)c2)CC1.NCCc1c[nH]c2ccccc12. The minimum absolute atomic E-state index is 0.0692. The molecule has 0 radical (unpaired) electrons. The van der Waals surface area contributed by atoms with Crippen LogP contribution in [0.5, 0.6) is 5.75 Å². The summed E-state index contributed by atoms with van der Waals surface area (Å²) in [6.07, 6.45) is 6.62. The molecule has 3 heterocycles. The molecule has 1 unspecified atom stereocenters. The van der Waals surface area contributed by atoms with Crippen LogP contribution in [0.1, 0.15) is 44.3 Å².